The number of rotatable bonds is 7. The highest BCUT2D eigenvalue weighted by Gasteiger charge is 2.18. The maximum atomic E-state index is 11.8. The summed E-state index contributed by atoms with van der Waals surface area (Å²) in [5, 5.41) is 7.31. The molecule has 1 heterocycles. The molecular formula is C21H21Cl2N3O4. The van der Waals surface area contributed by atoms with Gasteiger partial charge in [-0.1, -0.05) is 41.4 Å². The van der Waals surface area contributed by atoms with Gasteiger partial charge in [0.2, 0.25) is 0 Å². The van der Waals surface area contributed by atoms with E-state index in [4.69, 9.17) is 32.7 Å². The summed E-state index contributed by atoms with van der Waals surface area (Å²) in [6.45, 7) is 1.27. The molecule has 0 radical (unpaired) electrons. The molecule has 158 valence electrons. The third-order valence-electron chi connectivity index (χ3n) is 4.40. The van der Waals surface area contributed by atoms with E-state index < -0.39 is 11.8 Å². The summed E-state index contributed by atoms with van der Waals surface area (Å²) in [6.07, 6.45) is 3.18. The smallest absolute Gasteiger partial charge is 0.329 e. The highest BCUT2D eigenvalue weighted by Crippen LogP contribution is 2.26. The monoisotopic (exact) mass is 449 g/mol. The molecule has 3 rings (SSSR count). The number of nitrogens with one attached hydrogen (secondary N) is 2. The van der Waals surface area contributed by atoms with Crippen molar-refractivity contribution in [1.82, 2.24) is 10.7 Å². The van der Waals surface area contributed by atoms with Crippen LogP contribution in [0.1, 0.15) is 24.0 Å². The molecule has 1 aliphatic heterocycles. The number of carbonyl (C=O) groups excluding carboxylic acids is 2. The van der Waals surface area contributed by atoms with Crippen LogP contribution in [0.4, 0.5) is 0 Å². The summed E-state index contributed by atoms with van der Waals surface area (Å²) in [4.78, 5) is 23.5. The molecule has 0 aromatic heterocycles. The molecule has 2 aromatic rings. The Hall–Kier alpha value is -2.61. The first-order valence-corrected chi connectivity index (χ1v) is 10.2. The topological polar surface area (TPSA) is 89.0 Å². The largest absolute Gasteiger partial charge is 0.487 e. The molecule has 0 spiro atoms. The quantitative estimate of drug-likeness (QED) is 0.385. The third kappa shape index (κ3) is 6.45. The van der Waals surface area contributed by atoms with Gasteiger partial charge in [-0.15, -0.1) is 0 Å². The number of nitrogens with zero attached hydrogens (tertiary/aromatic N) is 1. The van der Waals surface area contributed by atoms with Gasteiger partial charge >= 0.3 is 11.8 Å². The summed E-state index contributed by atoms with van der Waals surface area (Å²) in [5.74, 6) is -1.12. The normalized spacial score (nSPS) is 15.9. The van der Waals surface area contributed by atoms with Crippen molar-refractivity contribution in [3.63, 3.8) is 0 Å². The van der Waals surface area contributed by atoms with E-state index in [9.17, 15) is 9.59 Å². The van der Waals surface area contributed by atoms with Crippen molar-refractivity contribution < 1.29 is 19.1 Å². The van der Waals surface area contributed by atoms with Gasteiger partial charge in [-0.25, -0.2) is 5.43 Å². The van der Waals surface area contributed by atoms with Crippen LogP contribution >= 0.6 is 23.2 Å². The molecule has 0 saturated carbocycles. The molecule has 7 nitrogen and oxygen atoms in total. The fourth-order valence-electron chi connectivity index (χ4n) is 2.79. The Bertz CT molecular complexity index is 930. The number of hydrogen-bond donors (Lipinski definition) is 2. The van der Waals surface area contributed by atoms with Gasteiger partial charge in [-0.3, -0.25) is 9.59 Å². The van der Waals surface area contributed by atoms with Gasteiger partial charge < -0.3 is 14.8 Å². The minimum Gasteiger partial charge on any atom is -0.487 e. The van der Waals surface area contributed by atoms with Crippen LogP contribution in [0.25, 0.3) is 0 Å². The van der Waals surface area contributed by atoms with Crippen LogP contribution in [-0.4, -0.2) is 37.3 Å². The average molecular weight is 450 g/mol. The first kappa shape index (κ1) is 22.1. The van der Waals surface area contributed by atoms with Crippen molar-refractivity contribution in [2.75, 3.05) is 13.2 Å². The SMILES string of the molecule is O=C(NC[C@H]1CCCO1)C(=O)N/N=C\c1ccc(OCc2ccccc2Cl)c(Cl)c1. The van der Waals surface area contributed by atoms with E-state index in [1.54, 1.807) is 24.3 Å². The number of hydrogen-bond acceptors (Lipinski definition) is 5. The lowest BCUT2D eigenvalue weighted by Crippen LogP contribution is -2.41. The van der Waals surface area contributed by atoms with Gasteiger partial charge in [0.1, 0.15) is 12.4 Å². The first-order chi connectivity index (χ1) is 14.5. The zero-order valence-electron chi connectivity index (χ0n) is 16.1. The lowest BCUT2D eigenvalue weighted by molar-refractivity contribution is -0.139. The molecule has 0 unspecified atom stereocenters. The van der Waals surface area contributed by atoms with E-state index in [0.29, 0.717) is 34.5 Å². The van der Waals surface area contributed by atoms with E-state index in [1.807, 2.05) is 18.2 Å². The zero-order valence-corrected chi connectivity index (χ0v) is 17.6. The summed E-state index contributed by atoms with van der Waals surface area (Å²) in [6, 6.07) is 12.4. The predicted molar refractivity (Wildman–Crippen MR) is 115 cm³/mol. The summed E-state index contributed by atoms with van der Waals surface area (Å²) in [5.41, 5.74) is 3.66. The van der Waals surface area contributed by atoms with Crippen molar-refractivity contribution >= 4 is 41.2 Å². The summed E-state index contributed by atoms with van der Waals surface area (Å²) < 4.78 is 11.1. The van der Waals surface area contributed by atoms with Gasteiger partial charge in [-0.05, 0) is 42.7 Å². The van der Waals surface area contributed by atoms with Crippen LogP contribution in [0.3, 0.4) is 0 Å². The fraction of sp³-hybridized carbons (Fsp3) is 0.286. The second-order valence-corrected chi connectivity index (χ2v) is 7.43. The molecule has 1 atom stereocenters. The van der Waals surface area contributed by atoms with E-state index in [2.05, 4.69) is 15.8 Å². The van der Waals surface area contributed by atoms with Gasteiger partial charge in [0.15, 0.2) is 0 Å². The summed E-state index contributed by atoms with van der Waals surface area (Å²) in [7, 11) is 0. The van der Waals surface area contributed by atoms with Crippen molar-refractivity contribution in [2.24, 2.45) is 5.10 Å². The number of ether oxygens (including phenoxy) is 2. The van der Waals surface area contributed by atoms with Gasteiger partial charge in [0, 0.05) is 23.7 Å². The molecule has 30 heavy (non-hydrogen) atoms. The Balaban J connectivity index is 1.47. The van der Waals surface area contributed by atoms with E-state index in [1.165, 1.54) is 6.21 Å². The van der Waals surface area contributed by atoms with Gasteiger partial charge in [0.25, 0.3) is 0 Å². The molecule has 1 saturated heterocycles. The lowest BCUT2D eigenvalue weighted by Gasteiger charge is -2.10. The molecule has 0 bridgehead atoms. The molecule has 2 amide bonds. The van der Waals surface area contributed by atoms with Crippen LogP contribution in [0.15, 0.2) is 47.6 Å². The number of amides is 2. The Labute approximate surface area is 184 Å². The van der Waals surface area contributed by atoms with E-state index >= 15 is 0 Å². The maximum Gasteiger partial charge on any atom is 0.329 e. The minimum absolute atomic E-state index is 0.0361. The molecular weight excluding hydrogens is 429 g/mol. The molecule has 2 N–H and O–H groups in total. The zero-order chi connectivity index (χ0) is 21.3. The van der Waals surface area contributed by atoms with E-state index in [0.717, 1.165) is 18.4 Å². The molecule has 2 aromatic carbocycles. The highest BCUT2D eigenvalue weighted by molar-refractivity contribution is 6.35. The van der Waals surface area contributed by atoms with Crippen LogP contribution in [0.5, 0.6) is 5.75 Å². The average Bonchev–Trinajstić information content (AvgIpc) is 3.26. The number of carbonyl (C=O) groups is 2. The highest BCUT2D eigenvalue weighted by atomic mass is 35.5. The third-order valence-corrected chi connectivity index (χ3v) is 5.06. The van der Waals surface area contributed by atoms with Crippen LogP contribution in [-0.2, 0) is 20.9 Å². The number of halogens is 2. The summed E-state index contributed by atoms with van der Waals surface area (Å²) >= 11 is 12.4. The Morgan fingerprint density at radius 3 is 2.73 bits per heavy atom. The molecule has 1 aliphatic rings. The Morgan fingerprint density at radius 1 is 1.17 bits per heavy atom. The van der Waals surface area contributed by atoms with Crippen molar-refractivity contribution in [3.8, 4) is 5.75 Å². The van der Waals surface area contributed by atoms with Gasteiger partial charge in [-0.2, -0.15) is 5.10 Å². The van der Waals surface area contributed by atoms with Crippen molar-refractivity contribution in [3.05, 3.63) is 63.6 Å². The van der Waals surface area contributed by atoms with E-state index in [-0.39, 0.29) is 12.7 Å². The standard InChI is InChI=1S/C21H21Cl2N3O4/c22-17-6-2-1-4-15(17)13-30-19-8-7-14(10-18(19)23)11-25-26-21(28)20(27)24-12-16-5-3-9-29-16/h1-2,4,6-8,10-11,16H,3,5,9,12-13H2,(H,24,27)(H,26,28)/b25-11-/t16-/m1/s1. The van der Waals surface area contributed by atoms with Crippen molar-refractivity contribution in [1.29, 1.82) is 0 Å². The number of hydrazone groups is 1. The second-order valence-electron chi connectivity index (χ2n) is 6.61. The first-order valence-electron chi connectivity index (χ1n) is 9.41. The van der Waals surface area contributed by atoms with Crippen LogP contribution < -0.4 is 15.5 Å². The minimum atomic E-state index is -0.852. The number of benzene rings is 2. The Kier molecular flexibility index (Phi) is 8.07. The maximum absolute atomic E-state index is 11.8. The fourth-order valence-corrected chi connectivity index (χ4v) is 3.23. The second kappa shape index (κ2) is 11.0. The van der Waals surface area contributed by atoms with Crippen LogP contribution in [0.2, 0.25) is 10.0 Å². The Morgan fingerprint density at radius 2 is 2.00 bits per heavy atom. The van der Waals surface area contributed by atoms with Crippen LogP contribution in [0, 0.1) is 0 Å². The van der Waals surface area contributed by atoms with Crippen molar-refractivity contribution in [2.45, 2.75) is 25.6 Å². The molecule has 1 fully saturated rings. The lowest BCUT2D eigenvalue weighted by atomic mass is 10.2. The molecule has 0 aliphatic carbocycles. The van der Waals surface area contributed by atoms with Gasteiger partial charge in [0.05, 0.1) is 17.3 Å². The predicted octanol–water partition coefficient (Wildman–Crippen LogP) is 3.32. The molecule has 9 heteroatoms.